The number of ether oxygens (including phenoxy) is 1. The molecule has 0 bridgehead atoms. The molecule has 0 saturated carbocycles. The van der Waals surface area contributed by atoms with Crippen molar-refractivity contribution in [3.8, 4) is 0 Å². The molecule has 1 amide bonds. The van der Waals surface area contributed by atoms with E-state index in [1.165, 1.54) is 0 Å². The van der Waals surface area contributed by atoms with Gasteiger partial charge in [-0.3, -0.25) is 9.78 Å². The van der Waals surface area contributed by atoms with Crippen LogP contribution in [0.1, 0.15) is 12.5 Å². The first-order chi connectivity index (χ1) is 10.2. The number of pyridine rings is 1. The zero-order valence-electron chi connectivity index (χ0n) is 12.4. The molecule has 0 spiro atoms. The molecule has 21 heavy (non-hydrogen) atoms. The van der Waals surface area contributed by atoms with E-state index < -0.39 is 0 Å². The molecule has 1 atom stereocenters. The molecule has 1 aromatic carbocycles. The average molecular weight is 284 g/mol. The summed E-state index contributed by atoms with van der Waals surface area (Å²) in [6.07, 6.45) is 3.39. The molecule has 1 unspecified atom stereocenters. The van der Waals surface area contributed by atoms with Gasteiger partial charge in [-0.1, -0.05) is 37.3 Å². The number of hydrogen-bond acceptors (Lipinski definition) is 3. The number of aromatic nitrogens is 1. The second-order valence-electron chi connectivity index (χ2n) is 4.97. The molecule has 0 radical (unpaired) electrons. The van der Waals surface area contributed by atoms with Gasteiger partial charge in [-0.25, -0.2) is 0 Å². The van der Waals surface area contributed by atoms with Gasteiger partial charge in [0, 0.05) is 25.2 Å². The van der Waals surface area contributed by atoms with E-state index in [4.69, 9.17) is 4.74 Å². The quantitative estimate of drug-likeness (QED) is 0.819. The number of carbonyl (C=O) groups is 1. The van der Waals surface area contributed by atoms with Crippen LogP contribution in [0.25, 0.3) is 0 Å². The fourth-order valence-electron chi connectivity index (χ4n) is 2.17. The second-order valence-corrected chi connectivity index (χ2v) is 4.97. The summed E-state index contributed by atoms with van der Waals surface area (Å²) >= 11 is 0. The van der Waals surface area contributed by atoms with Crippen molar-refractivity contribution in [2.24, 2.45) is 5.92 Å². The first-order valence-corrected chi connectivity index (χ1v) is 6.96. The van der Waals surface area contributed by atoms with Crippen LogP contribution in [0, 0.1) is 5.92 Å². The molecule has 0 saturated heterocycles. The third kappa shape index (κ3) is 4.13. The predicted octanol–water partition coefficient (Wildman–Crippen LogP) is 2.90. The van der Waals surface area contributed by atoms with Crippen LogP contribution >= 0.6 is 0 Å². The van der Waals surface area contributed by atoms with Gasteiger partial charge in [-0.15, -0.1) is 0 Å². The van der Waals surface area contributed by atoms with Crippen LogP contribution in [0.15, 0.2) is 54.9 Å². The van der Waals surface area contributed by atoms with Gasteiger partial charge >= 0.3 is 0 Å². The highest BCUT2D eigenvalue weighted by molar-refractivity contribution is 5.94. The normalized spacial score (nSPS) is 11.9. The van der Waals surface area contributed by atoms with Gasteiger partial charge in [0.05, 0.1) is 19.1 Å². The molecule has 110 valence electrons. The Kier molecular flexibility index (Phi) is 5.46. The van der Waals surface area contributed by atoms with Crippen molar-refractivity contribution in [2.45, 2.75) is 13.5 Å². The number of rotatable bonds is 6. The Morgan fingerprint density at radius 1 is 1.19 bits per heavy atom. The van der Waals surface area contributed by atoms with Crippen molar-refractivity contribution >= 4 is 11.6 Å². The van der Waals surface area contributed by atoms with E-state index >= 15 is 0 Å². The van der Waals surface area contributed by atoms with Crippen LogP contribution in [0.2, 0.25) is 0 Å². The predicted molar refractivity (Wildman–Crippen MR) is 82.9 cm³/mol. The van der Waals surface area contributed by atoms with E-state index in [1.807, 2.05) is 49.4 Å². The van der Waals surface area contributed by atoms with Gasteiger partial charge < -0.3 is 9.64 Å². The van der Waals surface area contributed by atoms with Crippen LogP contribution in [-0.2, 0) is 16.1 Å². The lowest BCUT2D eigenvalue weighted by Gasteiger charge is -2.25. The van der Waals surface area contributed by atoms with Gasteiger partial charge in [-0.2, -0.15) is 0 Å². The Bertz CT molecular complexity index is 558. The monoisotopic (exact) mass is 284 g/mol. The molecular formula is C17H20N2O2. The van der Waals surface area contributed by atoms with Gasteiger partial charge in [0.2, 0.25) is 5.91 Å². The third-order valence-electron chi connectivity index (χ3n) is 3.26. The zero-order chi connectivity index (χ0) is 15.1. The summed E-state index contributed by atoms with van der Waals surface area (Å²) in [7, 11) is 1.61. The fraction of sp³-hybridized carbons (Fsp3) is 0.294. The highest BCUT2D eigenvalue weighted by atomic mass is 16.5. The summed E-state index contributed by atoms with van der Waals surface area (Å²) in [5.41, 5.74) is 1.94. The Morgan fingerprint density at radius 2 is 1.86 bits per heavy atom. The lowest BCUT2D eigenvalue weighted by atomic mass is 10.1. The minimum absolute atomic E-state index is 0.0481. The minimum Gasteiger partial charge on any atom is -0.384 e. The average Bonchev–Trinajstić information content (AvgIpc) is 2.54. The molecule has 4 nitrogen and oxygen atoms in total. The Balaban J connectivity index is 2.24. The Hall–Kier alpha value is -2.20. The van der Waals surface area contributed by atoms with Crippen molar-refractivity contribution in [1.82, 2.24) is 4.98 Å². The second kappa shape index (κ2) is 7.55. The minimum atomic E-state index is -0.188. The summed E-state index contributed by atoms with van der Waals surface area (Å²) in [4.78, 5) is 18.5. The summed E-state index contributed by atoms with van der Waals surface area (Å²) in [6, 6.07) is 13.6. The van der Waals surface area contributed by atoms with E-state index in [0.717, 1.165) is 11.3 Å². The number of methoxy groups -OCH3 is 1. The SMILES string of the molecule is COCC(C)C(=O)N(Cc1ccccc1)c1ccncc1. The first kappa shape index (κ1) is 15.2. The van der Waals surface area contributed by atoms with Gasteiger partial charge in [0.1, 0.15) is 0 Å². The van der Waals surface area contributed by atoms with E-state index in [1.54, 1.807) is 24.4 Å². The third-order valence-corrected chi connectivity index (χ3v) is 3.26. The van der Waals surface area contributed by atoms with Gasteiger partial charge in [0.15, 0.2) is 0 Å². The number of benzene rings is 1. The van der Waals surface area contributed by atoms with Crippen LogP contribution in [0.3, 0.4) is 0 Å². The molecule has 0 aliphatic heterocycles. The number of nitrogens with zero attached hydrogens (tertiary/aromatic N) is 2. The lowest BCUT2D eigenvalue weighted by Crippen LogP contribution is -2.36. The van der Waals surface area contributed by atoms with Crippen LogP contribution in [0.5, 0.6) is 0 Å². The van der Waals surface area contributed by atoms with Gasteiger partial charge in [-0.05, 0) is 17.7 Å². The molecule has 2 aromatic rings. The Morgan fingerprint density at radius 3 is 2.48 bits per heavy atom. The molecule has 0 N–H and O–H groups in total. The Labute approximate surface area is 125 Å². The van der Waals surface area contributed by atoms with Crippen molar-refractivity contribution < 1.29 is 9.53 Å². The van der Waals surface area contributed by atoms with Crippen molar-refractivity contribution in [3.05, 3.63) is 60.4 Å². The molecule has 0 fully saturated rings. The van der Waals surface area contributed by atoms with Crippen LogP contribution in [-0.4, -0.2) is 24.6 Å². The molecule has 0 aliphatic rings. The number of anilines is 1. The molecule has 4 heteroatoms. The molecule has 1 aromatic heterocycles. The zero-order valence-corrected chi connectivity index (χ0v) is 12.4. The maximum Gasteiger partial charge on any atom is 0.232 e. The number of hydrogen-bond donors (Lipinski definition) is 0. The van der Waals surface area contributed by atoms with Crippen molar-refractivity contribution in [2.75, 3.05) is 18.6 Å². The lowest BCUT2D eigenvalue weighted by molar-refractivity contribution is -0.123. The molecule has 0 aliphatic carbocycles. The van der Waals surface area contributed by atoms with E-state index in [2.05, 4.69) is 4.98 Å². The van der Waals surface area contributed by atoms with Crippen molar-refractivity contribution in [3.63, 3.8) is 0 Å². The summed E-state index contributed by atoms with van der Waals surface area (Å²) in [6.45, 7) is 2.83. The maximum absolute atomic E-state index is 12.7. The van der Waals surface area contributed by atoms with Crippen molar-refractivity contribution in [1.29, 1.82) is 0 Å². The standard InChI is InChI=1S/C17H20N2O2/c1-14(13-21-2)17(20)19(16-8-10-18-11-9-16)12-15-6-4-3-5-7-15/h3-11,14H,12-13H2,1-2H3. The summed E-state index contributed by atoms with van der Waals surface area (Å²) in [5.74, 6) is -0.140. The highest BCUT2D eigenvalue weighted by Crippen LogP contribution is 2.19. The first-order valence-electron chi connectivity index (χ1n) is 6.96. The van der Waals surface area contributed by atoms with Gasteiger partial charge in [0.25, 0.3) is 0 Å². The number of carbonyl (C=O) groups excluding carboxylic acids is 1. The van der Waals surface area contributed by atoms with Crippen LogP contribution in [0.4, 0.5) is 5.69 Å². The van der Waals surface area contributed by atoms with E-state index in [-0.39, 0.29) is 11.8 Å². The highest BCUT2D eigenvalue weighted by Gasteiger charge is 2.22. The molecular weight excluding hydrogens is 264 g/mol. The molecule has 2 rings (SSSR count). The maximum atomic E-state index is 12.7. The van der Waals surface area contributed by atoms with Crippen LogP contribution < -0.4 is 4.90 Å². The molecule has 1 heterocycles. The topological polar surface area (TPSA) is 42.4 Å². The number of amides is 1. The van der Waals surface area contributed by atoms with E-state index in [0.29, 0.717) is 13.2 Å². The van der Waals surface area contributed by atoms with E-state index in [9.17, 15) is 4.79 Å². The fourth-order valence-corrected chi connectivity index (χ4v) is 2.17. The smallest absolute Gasteiger partial charge is 0.232 e. The largest absolute Gasteiger partial charge is 0.384 e. The summed E-state index contributed by atoms with van der Waals surface area (Å²) in [5, 5.41) is 0. The summed E-state index contributed by atoms with van der Waals surface area (Å²) < 4.78 is 5.10.